The van der Waals surface area contributed by atoms with E-state index in [1.165, 1.54) is 51.8 Å². The van der Waals surface area contributed by atoms with E-state index in [0.29, 0.717) is 5.88 Å². The van der Waals surface area contributed by atoms with Gasteiger partial charge < -0.3 is 0 Å². The standard InChI is InChI=1S/C7H6N3OS.3C4H9.Sn/c1-11-6-7-10(4-9-6)5(2-8)3-12-7;3*1-3-4-2;/h2,4,8H,1H3;3*1,3-4H2,2H3;. The van der Waals surface area contributed by atoms with Crippen LogP contribution in [0.2, 0.25) is 13.3 Å². The van der Waals surface area contributed by atoms with Gasteiger partial charge in [0.2, 0.25) is 0 Å². The Labute approximate surface area is 160 Å². The van der Waals surface area contributed by atoms with E-state index in [4.69, 9.17) is 10.1 Å². The molecule has 4 nitrogen and oxygen atoms in total. The van der Waals surface area contributed by atoms with Crippen LogP contribution in [0.15, 0.2) is 6.33 Å². The van der Waals surface area contributed by atoms with Crippen molar-refractivity contribution in [3.05, 3.63) is 12.0 Å². The molecule has 0 aliphatic rings. The molecule has 0 radical (unpaired) electrons. The second-order valence-electron chi connectivity index (χ2n) is 6.98. The summed E-state index contributed by atoms with van der Waals surface area (Å²) in [5.74, 6) is 0.709. The fourth-order valence-corrected chi connectivity index (χ4v) is 24.6. The zero-order chi connectivity index (χ0) is 18.3. The normalized spacial score (nSPS) is 12.0. The molecule has 2 aromatic rings. The van der Waals surface area contributed by atoms with Crippen molar-refractivity contribution in [3.8, 4) is 5.88 Å². The molecule has 2 heterocycles. The van der Waals surface area contributed by atoms with Crippen LogP contribution >= 0.6 is 11.3 Å². The van der Waals surface area contributed by atoms with Crippen molar-refractivity contribution in [2.24, 2.45) is 0 Å². The molecule has 25 heavy (non-hydrogen) atoms. The summed E-state index contributed by atoms with van der Waals surface area (Å²) in [5.41, 5.74) is 1.09. The molecule has 0 spiro atoms. The molecule has 2 rings (SSSR count). The Bertz CT molecular complexity index is 658. The number of nitrogens with zero attached hydrogens (tertiary/aromatic N) is 2. The number of methoxy groups -OCH3 is 1. The summed E-state index contributed by atoms with van der Waals surface area (Å²) in [6.07, 6.45) is 11.2. The van der Waals surface area contributed by atoms with Gasteiger partial charge in [-0.15, -0.1) is 0 Å². The van der Waals surface area contributed by atoms with Crippen molar-refractivity contribution in [2.75, 3.05) is 7.11 Å². The van der Waals surface area contributed by atoms with E-state index in [-0.39, 0.29) is 0 Å². The van der Waals surface area contributed by atoms with Crippen molar-refractivity contribution in [1.82, 2.24) is 9.38 Å². The van der Waals surface area contributed by atoms with Crippen LogP contribution < -0.4 is 7.63 Å². The molecule has 0 aliphatic carbocycles. The third-order valence-electron chi connectivity index (χ3n) is 5.22. The molecule has 6 heteroatoms. The van der Waals surface area contributed by atoms with E-state index in [1.807, 2.05) is 17.7 Å². The first kappa shape index (κ1) is 20.7. The Morgan fingerprint density at radius 2 is 1.68 bits per heavy atom. The van der Waals surface area contributed by atoms with Crippen molar-refractivity contribution in [2.45, 2.75) is 72.6 Å². The first-order valence-electron chi connectivity index (χ1n) is 9.72. The van der Waals surface area contributed by atoms with Gasteiger partial charge in [-0.1, -0.05) is 0 Å². The summed E-state index contributed by atoms with van der Waals surface area (Å²) < 4.78 is 13.4. The van der Waals surface area contributed by atoms with Crippen LogP contribution in [0.5, 0.6) is 5.88 Å². The summed E-state index contributed by atoms with van der Waals surface area (Å²) >= 11 is -0.661. The number of thiazole rings is 1. The molecule has 0 bridgehead atoms. The van der Waals surface area contributed by atoms with Gasteiger partial charge >= 0.3 is 161 Å². The predicted molar refractivity (Wildman–Crippen MR) is 112 cm³/mol. The molecule has 0 saturated heterocycles. The Balaban J connectivity index is 2.58. The van der Waals surface area contributed by atoms with Crippen LogP contribution in [0.4, 0.5) is 0 Å². The SMILES string of the molecule is CCC[CH2][Sn]([CH2]CCC)([CH2]CCC)[c]1sc2c(OC)ncn2c1C=N. The number of fused-ring (bicyclic) bond motifs is 1. The topological polar surface area (TPSA) is 50.4 Å². The predicted octanol–water partition coefficient (Wildman–Crippen LogP) is 5.46. The van der Waals surface area contributed by atoms with Crippen LogP contribution in [0.25, 0.3) is 4.83 Å². The van der Waals surface area contributed by atoms with Gasteiger partial charge in [0.15, 0.2) is 0 Å². The summed E-state index contributed by atoms with van der Waals surface area (Å²) in [7, 11) is 1.69. The number of hydrogen-bond donors (Lipinski definition) is 1. The average molecular weight is 470 g/mol. The van der Waals surface area contributed by atoms with Crippen molar-refractivity contribution >= 4 is 43.7 Å². The molecule has 0 unspecified atom stereocenters. The van der Waals surface area contributed by atoms with Crippen LogP contribution in [0, 0.1) is 5.41 Å². The average Bonchev–Trinajstić information content (AvgIpc) is 3.20. The second-order valence-corrected chi connectivity index (χ2v) is 22.0. The minimum absolute atomic E-state index is 0.709. The zero-order valence-electron chi connectivity index (χ0n) is 16.2. The molecule has 0 aliphatic heterocycles. The monoisotopic (exact) mass is 471 g/mol. The Morgan fingerprint density at radius 3 is 2.12 bits per heavy atom. The molecule has 0 aromatic carbocycles. The van der Waals surface area contributed by atoms with Gasteiger partial charge in [0.25, 0.3) is 0 Å². The molecule has 2 aromatic heterocycles. The Morgan fingerprint density at radius 1 is 1.12 bits per heavy atom. The Kier molecular flexibility index (Phi) is 8.26. The summed E-state index contributed by atoms with van der Waals surface area (Å²) in [5, 5.41) is 8.09. The summed E-state index contributed by atoms with van der Waals surface area (Å²) in [6.45, 7) is 6.92. The third-order valence-corrected chi connectivity index (χ3v) is 24.7. The van der Waals surface area contributed by atoms with Crippen LogP contribution in [0.3, 0.4) is 0 Å². The number of imidazole rings is 1. The van der Waals surface area contributed by atoms with Gasteiger partial charge in [0.05, 0.1) is 0 Å². The van der Waals surface area contributed by atoms with Crippen LogP contribution in [0.1, 0.15) is 65.0 Å². The number of nitrogens with one attached hydrogen (secondary N) is 1. The number of hydrogen-bond acceptors (Lipinski definition) is 4. The fourth-order valence-electron chi connectivity index (χ4n) is 3.76. The molecule has 1 N–H and O–H groups in total. The molecule has 0 saturated carbocycles. The number of rotatable bonds is 12. The van der Waals surface area contributed by atoms with E-state index < -0.39 is 18.4 Å². The van der Waals surface area contributed by atoms with Crippen LogP contribution in [-0.4, -0.2) is 41.1 Å². The molecule has 0 amide bonds. The summed E-state index contributed by atoms with van der Waals surface area (Å²) in [6, 6.07) is 0. The van der Waals surface area contributed by atoms with Crippen molar-refractivity contribution < 1.29 is 4.74 Å². The molecule has 140 valence electrons. The third kappa shape index (κ3) is 4.41. The van der Waals surface area contributed by atoms with Gasteiger partial charge in [-0.2, -0.15) is 0 Å². The fraction of sp³-hybridized carbons (Fsp3) is 0.684. The van der Waals surface area contributed by atoms with E-state index in [1.54, 1.807) is 16.2 Å². The number of unbranched alkanes of at least 4 members (excludes halogenated alkanes) is 3. The van der Waals surface area contributed by atoms with Gasteiger partial charge in [-0.05, 0) is 0 Å². The van der Waals surface area contributed by atoms with E-state index >= 15 is 0 Å². The molecule has 0 fully saturated rings. The van der Waals surface area contributed by atoms with E-state index in [9.17, 15) is 0 Å². The van der Waals surface area contributed by atoms with Gasteiger partial charge in [-0.25, -0.2) is 0 Å². The van der Waals surface area contributed by atoms with Gasteiger partial charge in [0.1, 0.15) is 0 Å². The maximum absolute atomic E-state index is 8.09. The quantitative estimate of drug-likeness (QED) is 0.331. The van der Waals surface area contributed by atoms with Gasteiger partial charge in [-0.3, -0.25) is 0 Å². The first-order valence-corrected chi connectivity index (χ1v) is 18.0. The van der Waals surface area contributed by atoms with Crippen LogP contribution in [-0.2, 0) is 0 Å². The van der Waals surface area contributed by atoms with Crippen molar-refractivity contribution in [1.29, 1.82) is 5.41 Å². The molecule has 0 atom stereocenters. The molecular weight excluding hydrogens is 437 g/mol. The number of ether oxygens (including phenoxy) is 1. The van der Waals surface area contributed by atoms with E-state index in [0.717, 1.165) is 10.5 Å². The second kappa shape index (κ2) is 9.95. The van der Waals surface area contributed by atoms with E-state index in [2.05, 4.69) is 30.2 Å². The zero-order valence-corrected chi connectivity index (χ0v) is 19.9. The summed E-state index contributed by atoms with van der Waals surface area (Å²) in [4.78, 5) is 5.45. The first-order chi connectivity index (χ1) is 12.2. The maximum atomic E-state index is 8.09. The Hall–Kier alpha value is -0.561. The molecular formula is C19H33N3OSSn. The van der Waals surface area contributed by atoms with Gasteiger partial charge in [0, 0.05) is 0 Å². The van der Waals surface area contributed by atoms with Crippen molar-refractivity contribution in [3.63, 3.8) is 0 Å². The number of aromatic nitrogens is 2. The minimum atomic E-state index is -2.54.